The zero-order chi connectivity index (χ0) is 53.2. The Morgan fingerprint density at radius 2 is 1.04 bits per heavy atom. The van der Waals surface area contributed by atoms with Crippen LogP contribution < -0.4 is 20.5 Å². The highest BCUT2D eigenvalue weighted by Crippen LogP contribution is 2.35. The van der Waals surface area contributed by atoms with E-state index in [1.165, 1.54) is 19.3 Å². The molecule has 0 unspecified atom stereocenters. The lowest BCUT2D eigenvalue weighted by molar-refractivity contribution is -0.171. The number of nitrogens with zero attached hydrogens (tertiary/aromatic N) is 3. The summed E-state index contributed by atoms with van der Waals surface area (Å²) in [7, 11) is 0. The lowest BCUT2D eigenvalue weighted by Gasteiger charge is -2.15. The summed E-state index contributed by atoms with van der Waals surface area (Å²) in [6, 6.07) is 51.8. The number of hydroxylamine groups is 2. The molecule has 0 spiro atoms. The molecule has 0 saturated carbocycles. The van der Waals surface area contributed by atoms with E-state index in [1.54, 1.807) is 6.20 Å². The second-order valence-electron chi connectivity index (χ2n) is 17.9. The molecule has 13 nitrogen and oxygen atoms in total. The van der Waals surface area contributed by atoms with Gasteiger partial charge in [0.15, 0.2) is 0 Å². The first-order chi connectivity index (χ1) is 36.6. The Morgan fingerprint density at radius 1 is 0.592 bits per heavy atom. The molecule has 8 aromatic rings. The van der Waals surface area contributed by atoms with Crippen molar-refractivity contribution in [1.82, 2.24) is 20.3 Å². The van der Waals surface area contributed by atoms with Gasteiger partial charge in [0.1, 0.15) is 24.7 Å². The number of carboxylic acid groups (broad SMARTS) is 1. The number of nitrogens with two attached hydrogens (primary N) is 1. The summed E-state index contributed by atoms with van der Waals surface area (Å²) in [4.78, 5) is 53.5. The minimum atomic E-state index is -0.880. The number of pyridine rings is 2. The van der Waals surface area contributed by atoms with Crippen LogP contribution in [0.25, 0.3) is 44.1 Å². The van der Waals surface area contributed by atoms with E-state index in [4.69, 9.17) is 20.4 Å². The predicted octanol–water partition coefficient (Wildman–Crippen LogP) is 12.7. The zero-order valence-electron chi connectivity index (χ0n) is 42.8. The standard InChI is InChI=1S/C29H30N2O2.C24H19NO3.C5H13N.C4H5NO3.CH4/c1-2-3-9-17-30-28(32)19-24-20-31-27-16-8-7-15-26(27)29(24)23-13-10-14-25(18-23)33-21-22-11-5-4-6-12-22;26-23(27)14-19-15-25-22-12-5-4-11-21(22)24(19)18-9-6-10-20(13-18)28-16-17-7-2-1-3-8-17;1-2-3-4-5-6;6-3-1-2-4(7)5(3)8;/h4-8,10-16,18,20H,2-3,9,17,19,21H2,1H3,(H,30,32);1-13,15H,14,16H2,(H,26,27);2-6H2,1H3;8H,1-2H2;1H4. The number of amides is 3. The molecule has 6 aromatic carbocycles. The van der Waals surface area contributed by atoms with Gasteiger partial charge in [0, 0.05) is 42.6 Å². The minimum Gasteiger partial charge on any atom is -0.489 e. The van der Waals surface area contributed by atoms with Crippen molar-refractivity contribution in [2.45, 2.75) is 98.7 Å². The highest BCUT2D eigenvalue weighted by molar-refractivity contribution is 6.01. The van der Waals surface area contributed by atoms with Gasteiger partial charge in [-0.2, -0.15) is 5.06 Å². The number of aliphatic carboxylic acids is 1. The molecule has 9 rings (SSSR count). The second-order valence-corrected chi connectivity index (χ2v) is 17.9. The van der Waals surface area contributed by atoms with Gasteiger partial charge in [-0.3, -0.25) is 34.4 Å². The first kappa shape index (κ1) is 58.6. The molecule has 0 atom stereocenters. The maximum Gasteiger partial charge on any atom is 0.307 e. The summed E-state index contributed by atoms with van der Waals surface area (Å²) in [5, 5.41) is 22.9. The Balaban J connectivity index is 0.000000223. The Morgan fingerprint density at radius 3 is 1.46 bits per heavy atom. The van der Waals surface area contributed by atoms with Gasteiger partial charge in [-0.05, 0) is 100 Å². The second kappa shape index (κ2) is 31.5. The third-order valence-corrected chi connectivity index (χ3v) is 12.1. The first-order valence-electron chi connectivity index (χ1n) is 25.6. The number of nitrogens with one attached hydrogen (secondary N) is 1. The van der Waals surface area contributed by atoms with Crippen LogP contribution in [0.2, 0.25) is 0 Å². The number of imide groups is 1. The normalized spacial score (nSPS) is 11.5. The molecule has 2 aromatic heterocycles. The Labute approximate surface area is 446 Å². The van der Waals surface area contributed by atoms with Crippen molar-refractivity contribution in [3.8, 4) is 33.8 Å². The molecule has 1 fully saturated rings. The summed E-state index contributed by atoms with van der Waals surface area (Å²) < 4.78 is 12.0. The van der Waals surface area contributed by atoms with Crippen LogP contribution in [0.5, 0.6) is 11.5 Å². The van der Waals surface area contributed by atoms with Crippen LogP contribution in [0.1, 0.15) is 94.9 Å². The Bertz CT molecular complexity index is 3080. The van der Waals surface area contributed by atoms with Crippen LogP contribution in [0.4, 0.5) is 0 Å². The summed E-state index contributed by atoms with van der Waals surface area (Å²) in [5.74, 6) is -0.323. The maximum atomic E-state index is 12.7. The van der Waals surface area contributed by atoms with Gasteiger partial charge in [0.25, 0.3) is 11.8 Å². The quantitative estimate of drug-likeness (QED) is 0.0342. The molecule has 3 amide bonds. The van der Waals surface area contributed by atoms with Crippen LogP contribution in [-0.4, -0.2) is 62.1 Å². The fourth-order valence-electron chi connectivity index (χ4n) is 8.24. The molecular weight excluding hydrogens is 955 g/mol. The fraction of sp³-hybridized carbons (Fsp3) is 0.270. The van der Waals surface area contributed by atoms with Crippen LogP contribution in [0.3, 0.4) is 0 Å². The highest BCUT2D eigenvalue weighted by atomic mass is 16.5. The molecule has 1 saturated heterocycles. The average Bonchev–Trinajstić information content (AvgIpc) is 3.75. The van der Waals surface area contributed by atoms with Crippen molar-refractivity contribution in [3.05, 3.63) is 192 Å². The predicted molar refractivity (Wildman–Crippen MR) is 302 cm³/mol. The molecule has 0 aliphatic carbocycles. The van der Waals surface area contributed by atoms with Gasteiger partial charge in [0.05, 0.1) is 23.9 Å². The number of carboxylic acids is 1. The van der Waals surface area contributed by atoms with Crippen molar-refractivity contribution in [3.63, 3.8) is 0 Å². The number of aromatic nitrogens is 2. The van der Waals surface area contributed by atoms with E-state index in [2.05, 4.69) is 53.4 Å². The number of fused-ring (bicyclic) bond motifs is 2. The lowest BCUT2D eigenvalue weighted by atomic mass is 9.94. The van der Waals surface area contributed by atoms with Crippen molar-refractivity contribution < 1.29 is 39.0 Å². The Hall–Kier alpha value is -8.26. The molecule has 13 heteroatoms. The zero-order valence-corrected chi connectivity index (χ0v) is 42.8. The van der Waals surface area contributed by atoms with Crippen LogP contribution >= 0.6 is 0 Å². The molecule has 396 valence electrons. The largest absolute Gasteiger partial charge is 0.489 e. The van der Waals surface area contributed by atoms with Gasteiger partial charge < -0.3 is 25.6 Å². The van der Waals surface area contributed by atoms with Crippen molar-refractivity contribution in [2.24, 2.45) is 5.73 Å². The summed E-state index contributed by atoms with van der Waals surface area (Å²) in [6.45, 7) is 6.89. The SMILES string of the molecule is C.CCCCCN.CCCCCNC(=O)Cc1cnc2ccccc2c1-c1cccc(OCc2ccccc2)c1.O=C(O)Cc1cnc2ccccc2c1-c1cccc(OCc2ccccc2)c1.O=C1CCC(=O)N1O. The van der Waals surface area contributed by atoms with Gasteiger partial charge in [-0.15, -0.1) is 0 Å². The summed E-state index contributed by atoms with van der Waals surface area (Å²) >= 11 is 0. The van der Waals surface area contributed by atoms with E-state index < -0.39 is 17.8 Å². The number of carbonyl (C=O) groups is 4. The molecular formula is C63H71N5O8. The van der Waals surface area contributed by atoms with Crippen LogP contribution in [0, 0.1) is 0 Å². The topological polar surface area (TPSA) is 194 Å². The molecule has 76 heavy (non-hydrogen) atoms. The third kappa shape index (κ3) is 18.0. The molecule has 0 bridgehead atoms. The number of ether oxygens (including phenoxy) is 2. The van der Waals surface area contributed by atoms with Crippen LogP contribution in [-0.2, 0) is 45.2 Å². The molecule has 0 radical (unpaired) electrons. The van der Waals surface area contributed by atoms with Gasteiger partial charge in [-0.25, -0.2) is 0 Å². The molecule has 1 aliphatic rings. The summed E-state index contributed by atoms with van der Waals surface area (Å²) in [5.41, 5.74) is 14.6. The van der Waals surface area contributed by atoms with E-state index in [-0.39, 0.29) is 37.7 Å². The van der Waals surface area contributed by atoms with E-state index in [1.807, 2.05) is 140 Å². The van der Waals surface area contributed by atoms with Gasteiger partial charge in [-0.1, -0.05) is 168 Å². The van der Waals surface area contributed by atoms with Gasteiger partial charge in [0.2, 0.25) is 5.91 Å². The maximum absolute atomic E-state index is 12.7. The van der Waals surface area contributed by atoms with Crippen molar-refractivity contribution in [1.29, 1.82) is 0 Å². The third-order valence-electron chi connectivity index (χ3n) is 12.1. The number of hydrogen-bond acceptors (Lipinski definition) is 10. The average molecular weight is 1030 g/mol. The first-order valence-corrected chi connectivity index (χ1v) is 25.6. The highest BCUT2D eigenvalue weighted by Gasteiger charge is 2.27. The molecule has 3 heterocycles. The smallest absolute Gasteiger partial charge is 0.307 e. The fourth-order valence-corrected chi connectivity index (χ4v) is 8.24. The van der Waals surface area contributed by atoms with E-state index in [0.29, 0.717) is 31.7 Å². The summed E-state index contributed by atoms with van der Waals surface area (Å²) in [6.07, 6.45) is 11.0. The lowest BCUT2D eigenvalue weighted by Crippen LogP contribution is -2.26. The van der Waals surface area contributed by atoms with Crippen molar-refractivity contribution in [2.75, 3.05) is 13.1 Å². The number of carbonyl (C=O) groups excluding carboxylic acids is 3. The Kier molecular flexibility index (Phi) is 24.3. The van der Waals surface area contributed by atoms with Gasteiger partial charge >= 0.3 is 5.97 Å². The molecule has 1 aliphatic heterocycles. The number of unbranched alkanes of at least 4 members (excludes halogenated alkanes) is 4. The monoisotopic (exact) mass is 1030 g/mol. The van der Waals surface area contributed by atoms with E-state index in [9.17, 15) is 24.3 Å². The number of benzene rings is 6. The number of hydrogen-bond donors (Lipinski definition) is 4. The number of rotatable bonds is 19. The van der Waals surface area contributed by atoms with E-state index in [0.717, 1.165) is 98.1 Å². The van der Waals surface area contributed by atoms with Crippen molar-refractivity contribution >= 4 is 45.5 Å². The van der Waals surface area contributed by atoms with Crippen LogP contribution in [0.15, 0.2) is 170 Å². The van der Waals surface area contributed by atoms with E-state index >= 15 is 0 Å². The minimum absolute atomic E-state index is 0. The molecule has 5 N–H and O–H groups in total. The number of para-hydroxylation sites is 2.